The minimum atomic E-state index is -4.54. The summed E-state index contributed by atoms with van der Waals surface area (Å²) in [7, 11) is 0. The van der Waals surface area contributed by atoms with Gasteiger partial charge in [0.1, 0.15) is 5.69 Å². The predicted molar refractivity (Wildman–Crippen MR) is 63.1 cm³/mol. The van der Waals surface area contributed by atoms with Crippen LogP contribution >= 0.6 is 0 Å². The normalized spacial score (nSPS) is 12.6. The van der Waals surface area contributed by atoms with Gasteiger partial charge in [0, 0.05) is 6.54 Å². The molecule has 1 aromatic heterocycles. The lowest BCUT2D eigenvalue weighted by Gasteiger charge is -2.10. The fraction of sp³-hybridized carbons (Fsp3) is 0.364. The maximum atomic E-state index is 12.2. The summed E-state index contributed by atoms with van der Waals surface area (Å²) >= 11 is 0. The van der Waals surface area contributed by atoms with Gasteiger partial charge in [0.15, 0.2) is 0 Å². The van der Waals surface area contributed by atoms with Gasteiger partial charge in [-0.05, 0) is 12.1 Å². The fourth-order valence-corrected chi connectivity index (χ4v) is 1.14. The van der Waals surface area contributed by atoms with Gasteiger partial charge in [-0.3, -0.25) is 4.79 Å². The predicted octanol–water partition coefficient (Wildman–Crippen LogP) is 1.94. The third kappa shape index (κ3) is 4.75. The third-order valence-corrected chi connectivity index (χ3v) is 2.30. The molecule has 0 spiro atoms. The van der Waals surface area contributed by atoms with E-state index >= 15 is 0 Å². The number of hydrogen-bond donors (Lipinski definition) is 3. The summed E-state index contributed by atoms with van der Waals surface area (Å²) in [5.74, 6) is -1.84. The molecule has 1 rings (SSSR count). The van der Waals surface area contributed by atoms with Crippen molar-refractivity contribution in [1.82, 2.24) is 10.3 Å². The maximum Gasteiger partial charge on any atom is 0.433 e. The molecule has 3 N–H and O–H groups in total. The molecule has 110 valence electrons. The molecule has 0 radical (unpaired) electrons. The highest BCUT2D eigenvalue weighted by Crippen LogP contribution is 2.27. The van der Waals surface area contributed by atoms with E-state index in [1.165, 1.54) is 6.92 Å². The van der Waals surface area contributed by atoms with E-state index in [0.717, 1.165) is 18.3 Å². The highest BCUT2D eigenvalue weighted by atomic mass is 19.4. The fourth-order valence-electron chi connectivity index (χ4n) is 1.14. The molecule has 1 atom stereocenters. The maximum absolute atomic E-state index is 12.2. The SMILES string of the molecule is CC(CNC(=O)Nc1ccc(C(F)(F)F)nc1)C(=O)O. The van der Waals surface area contributed by atoms with Gasteiger partial charge in [-0.25, -0.2) is 9.78 Å². The Balaban J connectivity index is 2.53. The number of alkyl halides is 3. The van der Waals surface area contributed by atoms with Crippen LogP contribution in [-0.2, 0) is 11.0 Å². The molecule has 1 heterocycles. The Morgan fingerprint density at radius 2 is 2.05 bits per heavy atom. The monoisotopic (exact) mass is 291 g/mol. The first-order valence-electron chi connectivity index (χ1n) is 5.51. The van der Waals surface area contributed by atoms with Crippen LogP contribution < -0.4 is 10.6 Å². The second kappa shape index (κ2) is 6.22. The van der Waals surface area contributed by atoms with E-state index in [1.54, 1.807) is 0 Å². The first kappa shape index (κ1) is 15.7. The van der Waals surface area contributed by atoms with Crippen LogP contribution in [0.15, 0.2) is 18.3 Å². The first-order chi connectivity index (χ1) is 9.20. The second-order valence-electron chi connectivity index (χ2n) is 4.00. The number of nitrogens with one attached hydrogen (secondary N) is 2. The van der Waals surface area contributed by atoms with Crippen LogP contribution in [0.2, 0.25) is 0 Å². The summed E-state index contributed by atoms with van der Waals surface area (Å²) in [5.41, 5.74) is -0.999. The molecule has 0 aliphatic rings. The number of carbonyl (C=O) groups excluding carboxylic acids is 1. The topological polar surface area (TPSA) is 91.3 Å². The van der Waals surface area contributed by atoms with Crippen molar-refractivity contribution in [3.63, 3.8) is 0 Å². The van der Waals surface area contributed by atoms with Crippen LogP contribution in [0.3, 0.4) is 0 Å². The number of rotatable bonds is 4. The van der Waals surface area contributed by atoms with Crippen LogP contribution in [-0.4, -0.2) is 28.6 Å². The number of urea groups is 1. The van der Waals surface area contributed by atoms with Gasteiger partial charge in [-0.2, -0.15) is 13.2 Å². The van der Waals surface area contributed by atoms with Crippen molar-refractivity contribution in [2.24, 2.45) is 5.92 Å². The lowest BCUT2D eigenvalue weighted by atomic mass is 10.2. The van der Waals surface area contributed by atoms with E-state index in [9.17, 15) is 22.8 Å². The minimum Gasteiger partial charge on any atom is -0.481 e. The first-order valence-corrected chi connectivity index (χ1v) is 5.51. The molecule has 0 saturated heterocycles. The smallest absolute Gasteiger partial charge is 0.433 e. The molecule has 0 aliphatic heterocycles. The summed E-state index contributed by atoms with van der Waals surface area (Å²) in [6, 6.07) is 1.06. The highest BCUT2D eigenvalue weighted by molar-refractivity contribution is 5.89. The number of aliphatic carboxylic acids is 1. The highest BCUT2D eigenvalue weighted by Gasteiger charge is 2.32. The number of hydrogen-bond acceptors (Lipinski definition) is 3. The quantitative estimate of drug-likeness (QED) is 0.790. The zero-order valence-corrected chi connectivity index (χ0v) is 10.4. The number of nitrogens with zero attached hydrogens (tertiary/aromatic N) is 1. The molecular weight excluding hydrogens is 279 g/mol. The number of aromatic nitrogens is 1. The number of carbonyl (C=O) groups is 2. The molecular formula is C11H12F3N3O3. The third-order valence-electron chi connectivity index (χ3n) is 2.30. The molecule has 6 nitrogen and oxygen atoms in total. The van der Waals surface area contributed by atoms with Crippen molar-refractivity contribution in [3.05, 3.63) is 24.0 Å². The average molecular weight is 291 g/mol. The van der Waals surface area contributed by atoms with Crippen LogP contribution in [0, 0.1) is 5.92 Å². The van der Waals surface area contributed by atoms with Crippen molar-refractivity contribution < 1.29 is 27.9 Å². The zero-order valence-electron chi connectivity index (χ0n) is 10.4. The Hall–Kier alpha value is -2.32. The number of anilines is 1. The molecule has 0 aromatic carbocycles. The molecule has 1 aromatic rings. The molecule has 1 unspecified atom stereocenters. The lowest BCUT2D eigenvalue weighted by molar-refractivity contribution is -0.141. The van der Waals surface area contributed by atoms with E-state index in [4.69, 9.17) is 5.11 Å². The van der Waals surface area contributed by atoms with Gasteiger partial charge < -0.3 is 15.7 Å². The molecule has 2 amide bonds. The van der Waals surface area contributed by atoms with Gasteiger partial charge >= 0.3 is 18.2 Å². The summed E-state index contributed by atoms with van der Waals surface area (Å²) in [5, 5.41) is 13.1. The molecule has 0 fully saturated rings. The summed E-state index contributed by atoms with van der Waals surface area (Å²) < 4.78 is 36.7. The second-order valence-corrected chi connectivity index (χ2v) is 4.00. The number of amides is 2. The summed E-state index contributed by atoms with van der Waals surface area (Å²) in [4.78, 5) is 25.0. The van der Waals surface area contributed by atoms with E-state index in [2.05, 4.69) is 15.6 Å². The van der Waals surface area contributed by atoms with Crippen LogP contribution in [0.5, 0.6) is 0 Å². The molecule has 9 heteroatoms. The molecule has 0 saturated carbocycles. The minimum absolute atomic E-state index is 0.0680. The van der Waals surface area contributed by atoms with E-state index in [1.807, 2.05) is 0 Å². The number of halogens is 3. The molecule has 0 aliphatic carbocycles. The van der Waals surface area contributed by atoms with Gasteiger partial charge in [0.05, 0.1) is 17.8 Å². The average Bonchev–Trinajstić information content (AvgIpc) is 2.35. The Bertz CT molecular complexity index is 488. The van der Waals surface area contributed by atoms with Crippen molar-refractivity contribution >= 4 is 17.7 Å². The Labute approximate surface area is 112 Å². The largest absolute Gasteiger partial charge is 0.481 e. The van der Waals surface area contributed by atoms with Gasteiger partial charge in [-0.1, -0.05) is 6.92 Å². The standard InChI is InChI=1S/C11H12F3N3O3/c1-6(9(18)19)4-16-10(20)17-7-2-3-8(15-5-7)11(12,13)14/h2-3,5-6H,4H2,1H3,(H,18,19)(H2,16,17,20). The lowest BCUT2D eigenvalue weighted by Crippen LogP contribution is -2.34. The Morgan fingerprint density at radius 1 is 1.40 bits per heavy atom. The van der Waals surface area contributed by atoms with Crippen LogP contribution in [0.1, 0.15) is 12.6 Å². The number of carboxylic acids is 1. The summed E-state index contributed by atoms with van der Waals surface area (Å²) in [6.45, 7) is 1.30. The van der Waals surface area contributed by atoms with Gasteiger partial charge in [0.25, 0.3) is 0 Å². The zero-order chi connectivity index (χ0) is 15.3. The van der Waals surface area contributed by atoms with Crippen LogP contribution in [0.4, 0.5) is 23.7 Å². The Kier molecular flexibility index (Phi) is 4.89. The van der Waals surface area contributed by atoms with E-state index in [0.29, 0.717) is 0 Å². The molecule has 20 heavy (non-hydrogen) atoms. The van der Waals surface area contributed by atoms with Gasteiger partial charge in [0.2, 0.25) is 0 Å². The van der Waals surface area contributed by atoms with Crippen molar-refractivity contribution in [1.29, 1.82) is 0 Å². The van der Waals surface area contributed by atoms with E-state index in [-0.39, 0.29) is 12.2 Å². The summed E-state index contributed by atoms with van der Waals surface area (Å²) in [6.07, 6.45) is -3.68. The van der Waals surface area contributed by atoms with Crippen molar-refractivity contribution in [2.75, 3.05) is 11.9 Å². The number of carboxylic acid groups (broad SMARTS) is 1. The van der Waals surface area contributed by atoms with E-state index < -0.39 is 29.8 Å². The van der Waals surface area contributed by atoms with Gasteiger partial charge in [-0.15, -0.1) is 0 Å². The van der Waals surface area contributed by atoms with Crippen molar-refractivity contribution in [2.45, 2.75) is 13.1 Å². The van der Waals surface area contributed by atoms with Crippen molar-refractivity contribution in [3.8, 4) is 0 Å². The number of pyridine rings is 1. The van der Waals surface area contributed by atoms with Crippen LogP contribution in [0.25, 0.3) is 0 Å². The molecule has 0 bridgehead atoms. The Morgan fingerprint density at radius 3 is 2.50 bits per heavy atom.